The minimum atomic E-state index is -0.0907. The number of anilines is 1. The van der Waals surface area contributed by atoms with Crippen LogP contribution in [-0.2, 0) is 0 Å². The van der Waals surface area contributed by atoms with Crippen molar-refractivity contribution >= 4 is 11.6 Å². The van der Waals surface area contributed by atoms with Crippen molar-refractivity contribution in [1.82, 2.24) is 4.90 Å². The van der Waals surface area contributed by atoms with E-state index >= 15 is 0 Å². The third kappa shape index (κ3) is 2.15. The maximum atomic E-state index is 12.5. The average molecular weight is 248 g/mol. The maximum Gasteiger partial charge on any atom is 0.256 e. The molecule has 1 saturated heterocycles. The molecule has 2 N–H and O–H groups in total. The zero-order chi connectivity index (χ0) is 13.3. The molecule has 1 aliphatic heterocycles. The Morgan fingerprint density at radius 3 is 2.72 bits per heavy atom. The lowest BCUT2D eigenvalue weighted by Crippen LogP contribution is -2.42. The van der Waals surface area contributed by atoms with Gasteiger partial charge in [0.05, 0.1) is 12.7 Å². The Hall–Kier alpha value is -1.71. The average Bonchev–Trinajstić information content (AvgIpc) is 2.69. The number of carbonyl (C=O) groups excluding carboxylic acids is 1. The van der Waals surface area contributed by atoms with Crippen LogP contribution in [0.3, 0.4) is 0 Å². The Morgan fingerprint density at radius 1 is 1.44 bits per heavy atom. The summed E-state index contributed by atoms with van der Waals surface area (Å²) in [4.78, 5) is 14.4. The number of likely N-dealkylation sites (tertiary alicyclic amines) is 1. The number of benzene rings is 1. The second-order valence-corrected chi connectivity index (χ2v) is 5.33. The molecule has 0 radical (unpaired) electrons. The smallest absolute Gasteiger partial charge is 0.256 e. The van der Waals surface area contributed by atoms with Gasteiger partial charge in [0, 0.05) is 17.8 Å². The highest BCUT2D eigenvalue weighted by atomic mass is 16.5. The number of nitrogens with two attached hydrogens (primary N) is 1. The second-order valence-electron chi connectivity index (χ2n) is 5.33. The van der Waals surface area contributed by atoms with Crippen LogP contribution in [0.5, 0.6) is 5.75 Å². The van der Waals surface area contributed by atoms with Gasteiger partial charge in [-0.2, -0.15) is 0 Å². The van der Waals surface area contributed by atoms with E-state index in [2.05, 4.69) is 13.8 Å². The van der Waals surface area contributed by atoms with Crippen LogP contribution in [0.1, 0.15) is 37.0 Å². The van der Waals surface area contributed by atoms with E-state index in [-0.39, 0.29) is 11.4 Å². The predicted molar refractivity (Wildman–Crippen MR) is 71.8 cm³/mol. The van der Waals surface area contributed by atoms with E-state index in [0.717, 1.165) is 19.4 Å². The molecule has 0 atom stereocenters. The normalized spacial score (nSPS) is 17.8. The van der Waals surface area contributed by atoms with Crippen molar-refractivity contribution in [3.63, 3.8) is 0 Å². The van der Waals surface area contributed by atoms with Gasteiger partial charge < -0.3 is 15.4 Å². The van der Waals surface area contributed by atoms with E-state index < -0.39 is 0 Å². The van der Waals surface area contributed by atoms with Crippen molar-refractivity contribution in [1.29, 1.82) is 0 Å². The molecule has 0 aromatic heterocycles. The zero-order valence-electron chi connectivity index (χ0n) is 11.2. The Kier molecular flexibility index (Phi) is 3.20. The van der Waals surface area contributed by atoms with Crippen LogP contribution in [0.2, 0.25) is 0 Å². The van der Waals surface area contributed by atoms with Crippen LogP contribution in [0.15, 0.2) is 18.2 Å². The van der Waals surface area contributed by atoms with Crippen molar-refractivity contribution in [3.05, 3.63) is 23.8 Å². The van der Waals surface area contributed by atoms with E-state index in [4.69, 9.17) is 10.5 Å². The fraction of sp³-hybridized carbons (Fsp3) is 0.500. The van der Waals surface area contributed by atoms with Crippen LogP contribution in [0, 0.1) is 0 Å². The molecule has 18 heavy (non-hydrogen) atoms. The van der Waals surface area contributed by atoms with E-state index in [9.17, 15) is 4.79 Å². The number of amides is 1. The van der Waals surface area contributed by atoms with Crippen molar-refractivity contribution in [2.24, 2.45) is 0 Å². The number of hydrogen-bond donors (Lipinski definition) is 1. The Bertz CT molecular complexity index is 469. The molecule has 0 bridgehead atoms. The first-order valence-electron chi connectivity index (χ1n) is 6.21. The van der Waals surface area contributed by atoms with Gasteiger partial charge >= 0.3 is 0 Å². The lowest BCUT2D eigenvalue weighted by atomic mass is 10.0. The lowest BCUT2D eigenvalue weighted by Gasteiger charge is -2.32. The first-order chi connectivity index (χ1) is 8.45. The highest BCUT2D eigenvalue weighted by Gasteiger charge is 2.36. The number of rotatable bonds is 2. The lowest BCUT2D eigenvalue weighted by molar-refractivity contribution is 0.0653. The van der Waals surface area contributed by atoms with Crippen LogP contribution in [0.4, 0.5) is 5.69 Å². The summed E-state index contributed by atoms with van der Waals surface area (Å²) in [5, 5.41) is 0. The molecule has 1 heterocycles. The summed E-state index contributed by atoms with van der Waals surface area (Å²) in [5.74, 6) is 0.651. The molecule has 1 aromatic rings. The van der Waals surface area contributed by atoms with Crippen molar-refractivity contribution in [2.45, 2.75) is 32.2 Å². The number of ether oxygens (including phenoxy) is 1. The molecule has 0 aliphatic carbocycles. The van der Waals surface area contributed by atoms with Gasteiger partial charge in [0.25, 0.3) is 5.91 Å². The number of hydrogen-bond acceptors (Lipinski definition) is 3. The number of methoxy groups -OCH3 is 1. The first kappa shape index (κ1) is 12.7. The molecule has 0 unspecified atom stereocenters. The van der Waals surface area contributed by atoms with Crippen molar-refractivity contribution in [2.75, 3.05) is 19.4 Å². The number of carbonyl (C=O) groups is 1. The first-order valence-corrected chi connectivity index (χ1v) is 6.21. The third-order valence-corrected chi connectivity index (χ3v) is 3.64. The largest absolute Gasteiger partial charge is 0.497 e. The number of nitrogens with zero attached hydrogens (tertiary/aromatic N) is 1. The van der Waals surface area contributed by atoms with Crippen LogP contribution >= 0.6 is 0 Å². The minimum Gasteiger partial charge on any atom is -0.497 e. The van der Waals surface area contributed by atoms with E-state index in [1.165, 1.54) is 0 Å². The van der Waals surface area contributed by atoms with Gasteiger partial charge in [0.15, 0.2) is 0 Å². The minimum absolute atomic E-state index is 0.00565. The van der Waals surface area contributed by atoms with Gasteiger partial charge in [0.1, 0.15) is 5.75 Å². The summed E-state index contributed by atoms with van der Waals surface area (Å²) in [5.41, 5.74) is 6.84. The quantitative estimate of drug-likeness (QED) is 0.817. The van der Waals surface area contributed by atoms with Crippen LogP contribution in [-0.4, -0.2) is 30.0 Å². The van der Waals surface area contributed by atoms with Crippen LogP contribution < -0.4 is 10.5 Å². The van der Waals surface area contributed by atoms with Crippen LogP contribution in [0.25, 0.3) is 0 Å². The van der Waals surface area contributed by atoms with Gasteiger partial charge in [-0.15, -0.1) is 0 Å². The van der Waals surface area contributed by atoms with Gasteiger partial charge in [0.2, 0.25) is 0 Å². The zero-order valence-corrected chi connectivity index (χ0v) is 11.2. The molecule has 1 aromatic carbocycles. The molecule has 1 amide bonds. The fourth-order valence-corrected chi connectivity index (χ4v) is 2.48. The standard InChI is InChI=1S/C14H20N2O2/c1-14(2)7-4-8-16(14)13(17)11-9-10(18-3)5-6-12(11)15/h5-6,9H,4,7-8,15H2,1-3H3. The summed E-state index contributed by atoms with van der Waals surface area (Å²) in [6.45, 7) is 4.98. The highest BCUT2D eigenvalue weighted by Crippen LogP contribution is 2.31. The Labute approximate surface area is 108 Å². The highest BCUT2D eigenvalue weighted by molar-refractivity contribution is 6.00. The molecule has 1 aliphatic rings. The van der Waals surface area contributed by atoms with Crippen molar-refractivity contribution < 1.29 is 9.53 Å². The Morgan fingerprint density at radius 2 is 2.17 bits per heavy atom. The molecule has 0 saturated carbocycles. The van der Waals surface area contributed by atoms with Gasteiger partial charge in [-0.1, -0.05) is 0 Å². The monoisotopic (exact) mass is 248 g/mol. The summed E-state index contributed by atoms with van der Waals surface area (Å²) >= 11 is 0. The maximum absolute atomic E-state index is 12.5. The molecule has 4 heteroatoms. The molecule has 0 spiro atoms. The van der Waals surface area contributed by atoms with Gasteiger partial charge in [-0.3, -0.25) is 4.79 Å². The van der Waals surface area contributed by atoms with Gasteiger partial charge in [-0.25, -0.2) is 0 Å². The summed E-state index contributed by atoms with van der Waals surface area (Å²) in [7, 11) is 1.58. The predicted octanol–water partition coefficient (Wildman–Crippen LogP) is 2.29. The molecule has 98 valence electrons. The summed E-state index contributed by atoms with van der Waals surface area (Å²) < 4.78 is 5.15. The van der Waals surface area contributed by atoms with E-state index in [1.54, 1.807) is 25.3 Å². The SMILES string of the molecule is COc1ccc(N)c(C(=O)N2CCCC2(C)C)c1. The third-order valence-electron chi connectivity index (χ3n) is 3.64. The summed E-state index contributed by atoms with van der Waals surface area (Å²) in [6, 6.07) is 5.20. The summed E-state index contributed by atoms with van der Waals surface area (Å²) in [6.07, 6.45) is 2.07. The fourth-order valence-electron chi connectivity index (χ4n) is 2.48. The Balaban J connectivity index is 2.34. The topological polar surface area (TPSA) is 55.6 Å². The molecular weight excluding hydrogens is 228 g/mol. The molecule has 4 nitrogen and oxygen atoms in total. The van der Waals surface area contributed by atoms with Gasteiger partial charge in [-0.05, 0) is 44.9 Å². The number of nitrogen functional groups attached to an aromatic ring is 1. The molecule has 1 fully saturated rings. The van der Waals surface area contributed by atoms with E-state index in [1.807, 2.05) is 4.90 Å². The van der Waals surface area contributed by atoms with Crippen molar-refractivity contribution in [3.8, 4) is 5.75 Å². The molecule has 2 rings (SSSR count). The second kappa shape index (κ2) is 4.52. The molecular formula is C14H20N2O2. The van der Waals surface area contributed by atoms with E-state index in [0.29, 0.717) is 17.0 Å².